The Morgan fingerprint density at radius 3 is 2.82 bits per heavy atom. The van der Waals surface area contributed by atoms with Gasteiger partial charge in [0.1, 0.15) is 5.75 Å². The van der Waals surface area contributed by atoms with Crippen LogP contribution in [-0.2, 0) is 6.42 Å². The van der Waals surface area contributed by atoms with Crippen molar-refractivity contribution in [3.8, 4) is 18.1 Å². The van der Waals surface area contributed by atoms with E-state index in [1.54, 1.807) is 6.07 Å². The number of hydrogen-bond acceptors (Lipinski definition) is 2. The predicted octanol–water partition coefficient (Wildman–Crippen LogP) is 3.59. The van der Waals surface area contributed by atoms with Crippen LogP contribution in [0, 0.1) is 29.6 Å². The highest BCUT2D eigenvalue weighted by Crippen LogP contribution is 2.61. The molecule has 0 spiro atoms. The number of aliphatic hydroxyl groups is 1. The minimum Gasteiger partial charge on any atom is -0.508 e. The van der Waals surface area contributed by atoms with Gasteiger partial charge in [-0.3, -0.25) is 0 Å². The monoisotopic (exact) mass is 296 g/mol. The second-order valence-electron chi connectivity index (χ2n) is 7.76. The van der Waals surface area contributed by atoms with Gasteiger partial charge in [0.25, 0.3) is 0 Å². The first kappa shape index (κ1) is 14.2. The minimum atomic E-state index is -0.133. The van der Waals surface area contributed by atoms with Gasteiger partial charge in [-0.25, -0.2) is 0 Å². The molecule has 0 aromatic heterocycles. The highest BCUT2D eigenvalue weighted by Gasteiger charge is 2.54. The summed E-state index contributed by atoms with van der Waals surface area (Å²) in [6, 6.07) is 3.65. The van der Waals surface area contributed by atoms with E-state index in [9.17, 15) is 10.2 Å². The van der Waals surface area contributed by atoms with Crippen LogP contribution in [0.25, 0.3) is 0 Å². The van der Waals surface area contributed by atoms with Crippen molar-refractivity contribution in [1.29, 1.82) is 0 Å². The molecule has 0 radical (unpaired) electrons. The molecule has 2 N–H and O–H groups in total. The summed E-state index contributed by atoms with van der Waals surface area (Å²) >= 11 is 0. The molecule has 2 fully saturated rings. The van der Waals surface area contributed by atoms with E-state index < -0.39 is 0 Å². The molecule has 2 heteroatoms. The van der Waals surface area contributed by atoms with Gasteiger partial charge in [-0.05, 0) is 85.0 Å². The molecule has 116 valence electrons. The molecule has 2 nitrogen and oxygen atoms in total. The zero-order chi connectivity index (χ0) is 15.5. The maximum Gasteiger partial charge on any atom is 0.117 e. The van der Waals surface area contributed by atoms with Crippen LogP contribution in [0.4, 0.5) is 0 Å². The number of aliphatic hydroxyl groups excluding tert-OH is 1. The Morgan fingerprint density at radius 1 is 1.23 bits per heavy atom. The lowest BCUT2D eigenvalue weighted by molar-refractivity contribution is -0.0226. The number of fused-ring (bicyclic) bond motifs is 5. The Labute approximate surface area is 132 Å². The summed E-state index contributed by atoms with van der Waals surface area (Å²) in [5.74, 6) is 4.86. The molecule has 2 saturated carbocycles. The van der Waals surface area contributed by atoms with Gasteiger partial charge < -0.3 is 10.2 Å². The Bertz CT molecular complexity index is 656. The van der Waals surface area contributed by atoms with Gasteiger partial charge in [0, 0.05) is 5.56 Å². The second kappa shape index (κ2) is 4.77. The number of terminal acetylenes is 1. The average Bonchev–Trinajstić information content (AvgIpc) is 2.81. The van der Waals surface area contributed by atoms with Crippen LogP contribution in [0.3, 0.4) is 0 Å². The van der Waals surface area contributed by atoms with Crippen LogP contribution in [-0.4, -0.2) is 16.3 Å². The van der Waals surface area contributed by atoms with E-state index in [2.05, 4.69) is 12.8 Å². The summed E-state index contributed by atoms with van der Waals surface area (Å²) in [6.45, 7) is 2.29. The summed E-state index contributed by atoms with van der Waals surface area (Å²) in [4.78, 5) is 0. The fraction of sp³-hybridized carbons (Fsp3) is 0.600. The first-order valence-corrected chi connectivity index (χ1v) is 8.55. The molecule has 5 atom stereocenters. The van der Waals surface area contributed by atoms with Crippen LogP contribution in [0.2, 0.25) is 0 Å². The molecule has 1 aromatic carbocycles. The molecule has 3 aliphatic rings. The van der Waals surface area contributed by atoms with Crippen molar-refractivity contribution in [3.63, 3.8) is 0 Å². The van der Waals surface area contributed by atoms with Crippen molar-refractivity contribution in [2.24, 2.45) is 17.3 Å². The predicted molar refractivity (Wildman–Crippen MR) is 86.7 cm³/mol. The van der Waals surface area contributed by atoms with Crippen molar-refractivity contribution < 1.29 is 10.2 Å². The average molecular weight is 296 g/mol. The molecular formula is C20H24O2. The SMILES string of the molecule is C#Cc1cc(O)cc2c1[C@H]1CC[C@]3(C)[C@H](O)CC[C@H]3[C@@H]1CC2. The largest absolute Gasteiger partial charge is 0.508 e. The van der Waals surface area contributed by atoms with Crippen molar-refractivity contribution in [2.45, 2.75) is 57.5 Å². The molecule has 0 unspecified atom stereocenters. The lowest BCUT2D eigenvalue weighted by Crippen LogP contribution is -2.44. The van der Waals surface area contributed by atoms with Crippen LogP contribution in [0.15, 0.2) is 12.1 Å². The van der Waals surface area contributed by atoms with Gasteiger partial charge in [-0.2, -0.15) is 0 Å². The summed E-state index contributed by atoms with van der Waals surface area (Å²) < 4.78 is 0. The quantitative estimate of drug-likeness (QED) is 0.718. The maximum absolute atomic E-state index is 10.4. The standard InChI is InChI=1S/C20H24O2/c1-3-12-10-14(21)11-13-4-5-15-16(19(12)13)8-9-20(2)17(15)6-7-18(20)22/h1,10-11,15-18,21-22H,4-9H2,2H3/t15-,16+,17+,18-,20+/m1/s1. The Kier molecular flexibility index (Phi) is 3.07. The zero-order valence-electron chi connectivity index (χ0n) is 13.2. The molecule has 0 bridgehead atoms. The molecule has 0 amide bonds. The third kappa shape index (κ3) is 1.78. The van der Waals surface area contributed by atoms with Crippen molar-refractivity contribution in [2.75, 3.05) is 0 Å². The van der Waals surface area contributed by atoms with Crippen LogP contribution < -0.4 is 0 Å². The molecule has 1 aromatic rings. The second-order valence-corrected chi connectivity index (χ2v) is 7.76. The topological polar surface area (TPSA) is 40.5 Å². The van der Waals surface area contributed by atoms with Crippen molar-refractivity contribution in [1.82, 2.24) is 0 Å². The van der Waals surface area contributed by atoms with Gasteiger partial charge in [0.2, 0.25) is 0 Å². The minimum absolute atomic E-state index is 0.103. The zero-order valence-corrected chi connectivity index (χ0v) is 13.2. The fourth-order valence-corrected chi connectivity index (χ4v) is 5.80. The van der Waals surface area contributed by atoms with E-state index in [1.165, 1.54) is 11.1 Å². The summed E-state index contributed by atoms with van der Waals surface area (Å²) in [7, 11) is 0. The lowest BCUT2D eigenvalue weighted by Gasteiger charge is -2.50. The number of benzene rings is 1. The number of aryl methyl sites for hydroxylation is 1. The number of rotatable bonds is 0. The van der Waals surface area contributed by atoms with E-state index in [0.717, 1.165) is 44.1 Å². The van der Waals surface area contributed by atoms with E-state index in [-0.39, 0.29) is 11.5 Å². The Balaban J connectivity index is 1.78. The number of phenols is 1. The number of aromatic hydroxyl groups is 1. The summed E-state index contributed by atoms with van der Waals surface area (Å²) in [6.07, 6.45) is 12.1. The molecule has 0 heterocycles. The van der Waals surface area contributed by atoms with E-state index in [1.807, 2.05) is 6.07 Å². The van der Waals surface area contributed by atoms with Gasteiger partial charge in [0.15, 0.2) is 0 Å². The van der Waals surface area contributed by atoms with Gasteiger partial charge >= 0.3 is 0 Å². The number of phenolic OH excluding ortho intramolecular Hbond substituents is 1. The fourth-order valence-electron chi connectivity index (χ4n) is 5.80. The van der Waals surface area contributed by atoms with Crippen LogP contribution in [0.1, 0.15) is 61.6 Å². The summed E-state index contributed by atoms with van der Waals surface area (Å²) in [5, 5.41) is 20.3. The van der Waals surface area contributed by atoms with Crippen LogP contribution >= 0.6 is 0 Å². The highest BCUT2D eigenvalue weighted by atomic mass is 16.3. The maximum atomic E-state index is 10.4. The number of hydrogen-bond donors (Lipinski definition) is 2. The molecule has 22 heavy (non-hydrogen) atoms. The molecule has 0 saturated heterocycles. The Hall–Kier alpha value is -1.46. The molecule has 0 aliphatic heterocycles. The molecular weight excluding hydrogens is 272 g/mol. The highest BCUT2D eigenvalue weighted by molar-refractivity contribution is 5.52. The van der Waals surface area contributed by atoms with Gasteiger partial charge in [-0.1, -0.05) is 12.8 Å². The van der Waals surface area contributed by atoms with Crippen molar-refractivity contribution >= 4 is 0 Å². The van der Waals surface area contributed by atoms with E-state index >= 15 is 0 Å². The third-order valence-electron chi connectivity index (χ3n) is 6.91. The van der Waals surface area contributed by atoms with Crippen molar-refractivity contribution in [3.05, 3.63) is 28.8 Å². The molecule has 3 aliphatic carbocycles. The van der Waals surface area contributed by atoms with E-state index in [4.69, 9.17) is 6.42 Å². The van der Waals surface area contributed by atoms with Crippen LogP contribution in [0.5, 0.6) is 5.75 Å². The van der Waals surface area contributed by atoms with E-state index in [0.29, 0.717) is 23.5 Å². The smallest absolute Gasteiger partial charge is 0.117 e. The molecule has 4 rings (SSSR count). The van der Waals surface area contributed by atoms with Gasteiger partial charge in [-0.15, -0.1) is 6.42 Å². The third-order valence-corrected chi connectivity index (χ3v) is 6.91. The Morgan fingerprint density at radius 2 is 2.05 bits per heavy atom. The summed E-state index contributed by atoms with van der Waals surface area (Å²) in [5.41, 5.74) is 3.55. The lowest BCUT2D eigenvalue weighted by atomic mass is 9.55. The normalized spacial score (nSPS) is 39.5. The van der Waals surface area contributed by atoms with Gasteiger partial charge in [0.05, 0.1) is 6.10 Å². The first-order valence-electron chi connectivity index (χ1n) is 8.55. The first-order chi connectivity index (χ1) is 10.5.